The maximum Gasteiger partial charge on any atom is 0.0926 e. The Hall–Kier alpha value is -0.840. The van der Waals surface area contributed by atoms with Gasteiger partial charge in [-0.25, -0.2) is 4.98 Å². The lowest BCUT2D eigenvalue weighted by atomic mass is 10.0. The van der Waals surface area contributed by atoms with Gasteiger partial charge in [0, 0.05) is 28.9 Å². The molecule has 78 valence electrons. The van der Waals surface area contributed by atoms with Crippen molar-refractivity contribution in [3.8, 4) is 0 Å². The monoisotopic (exact) mass is 239 g/mol. The number of nitrogens with zero attached hydrogens (tertiary/aromatic N) is 1. The molecule has 0 amide bonds. The lowest BCUT2D eigenvalue weighted by molar-refractivity contribution is 0.560. The first-order chi connectivity index (χ1) is 7.34. The zero-order valence-electron chi connectivity index (χ0n) is 7.96. The zero-order valence-corrected chi connectivity index (χ0v) is 9.53. The molecule has 2 N–H and O–H groups in total. The van der Waals surface area contributed by atoms with Gasteiger partial charge in [-0.2, -0.15) is 0 Å². The van der Waals surface area contributed by atoms with E-state index in [1.54, 1.807) is 17.7 Å². The van der Waals surface area contributed by atoms with E-state index in [1.165, 1.54) is 10.6 Å². The van der Waals surface area contributed by atoms with E-state index < -0.39 is 0 Å². The van der Waals surface area contributed by atoms with Crippen LogP contribution in [0, 0.1) is 0 Å². The van der Waals surface area contributed by atoms with Gasteiger partial charge in [-0.1, -0.05) is 11.6 Å². The van der Waals surface area contributed by atoms with Gasteiger partial charge in [0.2, 0.25) is 0 Å². The molecule has 3 nitrogen and oxygen atoms in total. The molecule has 1 aliphatic heterocycles. The number of fused-ring (bicyclic) bond motifs is 1. The molecule has 5 heteroatoms. The molecule has 0 saturated heterocycles. The van der Waals surface area contributed by atoms with Gasteiger partial charge in [-0.3, -0.25) is 0 Å². The molecule has 0 aromatic carbocycles. The van der Waals surface area contributed by atoms with E-state index in [9.17, 15) is 0 Å². The predicted molar refractivity (Wildman–Crippen MR) is 61.5 cm³/mol. The minimum absolute atomic E-state index is 0.206. The zero-order chi connectivity index (χ0) is 10.3. The molecule has 1 aliphatic rings. The summed E-state index contributed by atoms with van der Waals surface area (Å²) in [6, 6.07) is 2.21. The molecule has 2 aromatic heterocycles. The maximum absolute atomic E-state index is 5.94. The van der Waals surface area contributed by atoms with Gasteiger partial charge >= 0.3 is 0 Å². The molecule has 3 rings (SSSR count). The largest absolute Gasteiger partial charge is 0.348 e. The Balaban J connectivity index is 2.02. The molecule has 0 fully saturated rings. The number of thiophene rings is 1. The standard InChI is InChI=1S/C10H10ClN3S/c11-6-3-8(15-4-6)10-9-7(1-2-12-10)13-5-14-9/h3-5,10,12H,1-2H2,(H,13,14). The van der Waals surface area contributed by atoms with Crippen molar-refractivity contribution in [3.05, 3.63) is 39.1 Å². The van der Waals surface area contributed by atoms with Crippen LogP contribution in [-0.4, -0.2) is 16.5 Å². The Bertz CT molecular complexity index is 476. The third kappa shape index (κ3) is 1.58. The van der Waals surface area contributed by atoms with Crippen molar-refractivity contribution >= 4 is 22.9 Å². The van der Waals surface area contributed by atoms with Crippen LogP contribution >= 0.6 is 22.9 Å². The third-order valence-electron chi connectivity index (χ3n) is 2.62. The van der Waals surface area contributed by atoms with Crippen molar-refractivity contribution in [3.63, 3.8) is 0 Å². The Morgan fingerprint density at radius 1 is 1.53 bits per heavy atom. The van der Waals surface area contributed by atoms with Crippen molar-refractivity contribution in [1.82, 2.24) is 15.3 Å². The normalized spacial score (nSPS) is 20.2. The fraction of sp³-hybridized carbons (Fsp3) is 0.300. The molecule has 0 bridgehead atoms. The fourth-order valence-electron chi connectivity index (χ4n) is 1.93. The topological polar surface area (TPSA) is 40.7 Å². The Kier molecular flexibility index (Phi) is 2.27. The summed E-state index contributed by atoms with van der Waals surface area (Å²) in [4.78, 5) is 8.78. The first kappa shape index (κ1) is 9.39. The highest BCUT2D eigenvalue weighted by atomic mass is 35.5. The van der Waals surface area contributed by atoms with Crippen LogP contribution in [0.5, 0.6) is 0 Å². The average Bonchev–Trinajstić information content (AvgIpc) is 2.84. The molecular weight excluding hydrogens is 230 g/mol. The van der Waals surface area contributed by atoms with Crippen molar-refractivity contribution in [2.75, 3.05) is 6.54 Å². The number of aromatic amines is 1. The number of H-pyrrole nitrogens is 1. The van der Waals surface area contributed by atoms with E-state index in [1.807, 2.05) is 11.4 Å². The molecule has 1 unspecified atom stereocenters. The summed E-state index contributed by atoms with van der Waals surface area (Å²) in [7, 11) is 0. The summed E-state index contributed by atoms with van der Waals surface area (Å²) >= 11 is 7.61. The molecular formula is C10H10ClN3S. The summed E-state index contributed by atoms with van der Waals surface area (Å²) in [6.07, 6.45) is 2.78. The highest BCUT2D eigenvalue weighted by Gasteiger charge is 2.24. The van der Waals surface area contributed by atoms with Crippen molar-refractivity contribution in [2.24, 2.45) is 0 Å². The quantitative estimate of drug-likeness (QED) is 0.802. The number of rotatable bonds is 1. The van der Waals surface area contributed by atoms with E-state index in [-0.39, 0.29) is 6.04 Å². The van der Waals surface area contributed by atoms with E-state index >= 15 is 0 Å². The van der Waals surface area contributed by atoms with Crippen LogP contribution in [0.25, 0.3) is 0 Å². The van der Waals surface area contributed by atoms with E-state index in [0.29, 0.717) is 0 Å². The molecule has 0 aliphatic carbocycles. The van der Waals surface area contributed by atoms with Gasteiger partial charge in [0.05, 0.1) is 23.1 Å². The average molecular weight is 240 g/mol. The first-order valence-electron chi connectivity index (χ1n) is 4.84. The highest BCUT2D eigenvalue weighted by molar-refractivity contribution is 7.10. The highest BCUT2D eigenvalue weighted by Crippen LogP contribution is 2.31. The third-order valence-corrected chi connectivity index (χ3v) is 3.97. The summed E-state index contributed by atoms with van der Waals surface area (Å²) in [5.74, 6) is 0. The molecule has 2 aromatic rings. The number of hydrogen-bond donors (Lipinski definition) is 2. The molecule has 0 radical (unpaired) electrons. The van der Waals surface area contributed by atoms with Crippen molar-refractivity contribution in [2.45, 2.75) is 12.5 Å². The van der Waals surface area contributed by atoms with Crippen LogP contribution in [0.1, 0.15) is 22.3 Å². The maximum atomic E-state index is 5.94. The second-order valence-corrected chi connectivity index (χ2v) is 4.95. The Labute approximate surface area is 96.5 Å². The van der Waals surface area contributed by atoms with E-state index in [2.05, 4.69) is 15.3 Å². The van der Waals surface area contributed by atoms with E-state index in [0.717, 1.165) is 23.7 Å². The fourth-order valence-corrected chi connectivity index (χ4v) is 3.09. The van der Waals surface area contributed by atoms with E-state index in [4.69, 9.17) is 11.6 Å². The van der Waals surface area contributed by atoms with Gasteiger partial charge < -0.3 is 10.3 Å². The van der Waals surface area contributed by atoms with Crippen LogP contribution in [0.2, 0.25) is 5.02 Å². The molecule has 15 heavy (non-hydrogen) atoms. The molecule has 0 spiro atoms. The van der Waals surface area contributed by atoms with Gasteiger partial charge in [0.1, 0.15) is 0 Å². The second kappa shape index (κ2) is 3.63. The van der Waals surface area contributed by atoms with Crippen LogP contribution in [0.15, 0.2) is 17.8 Å². The molecule has 0 saturated carbocycles. The lowest BCUT2D eigenvalue weighted by Crippen LogP contribution is -2.30. The van der Waals surface area contributed by atoms with Gasteiger partial charge in [-0.15, -0.1) is 11.3 Å². The second-order valence-electron chi connectivity index (χ2n) is 3.57. The first-order valence-corrected chi connectivity index (χ1v) is 6.10. The van der Waals surface area contributed by atoms with Crippen LogP contribution < -0.4 is 5.32 Å². The number of hydrogen-bond acceptors (Lipinski definition) is 3. The predicted octanol–water partition coefficient (Wildman–Crippen LogP) is 2.36. The van der Waals surface area contributed by atoms with Gasteiger partial charge in [-0.05, 0) is 6.07 Å². The van der Waals surface area contributed by atoms with Crippen LogP contribution in [0.4, 0.5) is 0 Å². The van der Waals surface area contributed by atoms with Crippen molar-refractivity contribution in [1.29, 1.82) is 0 Å². The van der Waals surface area contributed by atoms with Gasteiger partial charge in [0.15, 0.2) is 0 Å². The molecule has 1 atom stereocenters. The minimum atomic E-state index is 0.206. The summed E-state index contributed by atoms with van der Waals surface area (Å²) in [6.45, 7) is 0.982. The summed E-state index contributed by atoms with van der Waals surface area (Å²) < 4.78 is 0. The van der Waals surface area contributed by atoms with Crippen LogP contribution in [0.3, 0.4) is 0 Å². The molecule has 3 heterocycles. The lowest BCUT2D eigenvalue weighted by Gasteiger charge is -2.21. The van der Waals surface area contributed by atoms with Crippen LogP contribution in [-0.2, 0) is 6.42 Å². The summed E-state index contributed by atoms with van der Waals surface area (Å²) in [5, 5.41) is 6.22. The number of aromatic nitrogens is 2. The Morgan fingerprint density at radius 2 is 2.47 bits per heavy atom. The minimum Gasteiger partial charge on any atom is -0.348 e. The van der Waals surface area contributed by atoms with Crippen molar-refractivity contribution < 1.29 is 0 Å². The SMILES string of the molecule is Clc1csc(C2NCCc3[nH]cnc32)c1. The number of imidazole rings is 1. The smallest absolute Gasteiger partial charge is 0.0926 e. The Morgan fingerprint density at radius 3 is 3.27 bits per heavy atom. The van der Waals surface area contributed by atoms with Gasteiger partial charge in [0.25, 0.3) is 0 Å². The summed E-state index contributed by atoms with van der Waals surface area (Å²) in [5.41, 5.74) is 2.35. The number of nitrogens with one attached hydrogen (secondary N) is 2. The number of halogens is 1.